The van der Waals surface area contributed by atoms with Crippen LogP contribution in [-0.4, -0.2) is 35.4 Å². The van der Waals surface area contributed by atoms with Gasteiger partial charge in [-0.1, -0.05) is 13.3 Å². The van der Waals surface area contributed by atoms with Gasteiger partial charge in [-0.05, 0) is 25.8 Å². The number of imidazole rings is 2. The van der Waals surface area contributed by atoms with Crippen LogP contribution in [0.2, 0.25) is 0 Å². The quantitative estimate of drug-likeness (QED) is 0.774. The lowest BCUT2D eigenvalue weighted by Gasteiger charge is -2.35. The van der Waals surface area contributed by atoms with Crippen LogP contribution in [0.1, 0.15) is 50.2 Å². The standard InChI is InChI=1S/C18H24N6O/c1-2-8-22-10-6-19-16(22)13-23-9-4-3-5-15(23)14-12-17(25)24-11-7-20-18(24)21-14/h6-7,10-12,15H,2-5,8-9,13H2,1H3,(H,20,21). The Labute approximate surface area is 146 Å². The van der Waals surface area contributed by atoms with Gasteiger partial charge in [0.05, 0.1) is 12.6 Å². The highest BCUT2D eigenvalue weighted by Crippen LogP contribution is 2.30. The van der Waals surface area contributed by atoms with E-state index in [1.807, 2.05) is 6.20 Å². The predicted molar refractivity (Wildman–Crippen MR) is 95.3 cm³/mol. The molecule has 1 atom stereocenters. The Morgan fingerprint density at radius 3 is 3.00 bits per heavy atom. The fraction of sp³-hybridized carbons (Fsp3) is 0.500. The first-order valence-corrected chi connectivity index (χ1v) is 9.06. The van der Waals surface area contributed by atoms with E-state index in [1.165, 1.54) is 12.8 Å². The minimum absolute atomic E-state index is 0.0285. The van der Waals surface area contributed by atoms with Gasteiger partial charge in [0.25, 0.3) is 5.56 Å². The van der Waals surface area contributed by atoms with Crippen LogP contribution < -0.4 is 5.56 Å². The highest BCUT2D eigenvalue weighted by molar-refractivity contribution is 5.30. The first-order valence-electron chi connectivity index (χ1n) is 9.06. The minimum Gasteiger partial charge on any atom is -0.334 e. The van der Waals surface area contributed by atoms with E-state index in [0.29, 0.717) is 5.78 Å². The molecule has 0 spiro atoms. The summed E-state index contributed by atoms with van der Waals surface area (Å²) in [6.45, 7) is 4.99. The van der Waals surface area contributed by atoms with Gasteiger partial charge in [0.1, 0.15) is 5.82 Å². The van der Waals surface area contributed by atoms with Crippen LogP contribution in [0, 0.1) is 0 Å². The van der Waals surface area contributed by atoms with E-state index in [4.69, 9.17) is 0 Å². The smallest absolute Gasteiger partial charge is 0.259 e. The van der Waals surface area contributed by atoms with Crippen molar-refractivity contribution in [3.8, 4) is 0 Å². The molecule has 3 aromatic rings. The molecule has 1 N–H and O–H groups in total. The van der Waals surface area contributed by atoms with Crippen molar-refractivity contribution in [2.75, 3.05) is 6.54 Å². The zero-order valence-corrected chi connectivity index (χ0v) is 14.6. The molecule has 0 amide bonds. The van der Waals surface area contributed by atoms with Crippen LogP contribution in [0.25, 0.3) is 5.78 Å². The summed E-state index contributed by atoms with van der Waals surface area (Å²) in [5, 5.41) is 0. The number of H-pyrrole nitrogens is 1. The lowest BCUT2D eigenvalue weighted by Crippen LogP contribution is -2.35. The van der Waals surface area contributed by atoms with Crippen molar-refractivity contribution < 1.29 is 0 Å². The maximum atomic E-state index is 12.3. The summed E-state index contributed by atoms with van der Waals surface area (Å²) in [6.07, 6.45) is 11.8. The van der Waals surface area contributed by atoms with Crippen molar-refractivity contribution in [2.24, 2.45) is 0 Å². The average Bonchev–Trinajstić information content (AvgIpc) is 3.26. The number of rotatable bonds is 5. The number of likely N-dealkylation sites (tertiary alicyclic amines) is 1. The van der Waals surface area contributed by atoms with Crippen LogP contribution in [0.15, 0.2) is 35.6 Å². The zero-order chi connectivity index (χ0) is 17.2. The lowest BCUT2D eigenvalue weighted by molar-refractivity contribution is 0.132. The van der Waals surface area contributed by atoms with E-state index in [1.54, 1.807) is 22.9 Å². The highest BCUT2D eigenvalue weighted by Gasteiger charge is 2.26. The summed E-state index contributed by atoms with van der Waals surface area (Å²) in [5.41, 5.74) is 0.927. The number of fused-ring (bicyclic) bond motifs is 1. The highest BCUT2D eigenvalue weighted by atomic mass is 16.1. The van der Waals surface area contributed by atoms with Crippen LogP contribution >= 0.6 is 0 Å². The molecule has 132 valence electrons. The summed E-state index contributed by atoms with van der Waals surface area (Å²) in [4.78, 5) is 26.9. The molecule has 0 bridgehead atoms. The Balaban J connectivity index is 1.64. The van der Waals surface area contributed by atoms with Gasteiger partial charge in [0.15, 0.2) is 0 Å². The van der Waals surface area contributed by atoms with Crippen molar-refractivity contribution in [2.45, 2.75) is 51.7 Å². The van der Waals surface area contributed by atoms with Gasteiger partial charge in [-0.2, -0.15) is 0 Å². The summed E-state index contributed by atoms with van der Waals surface area (Å²) < 4.78 is 3.77. The van der Waals surface area contributed by atoms with Gasteiger partial charge in [-0.15, -0.1) is 0 Å². The number of aryl methyl sites for hydroxylation is 1. The number of nitrogens with one attached hydrogen (secondary N) is 1. The molecule has 0 radical (unpaired) electrons. The number of aromatic amines is 1. The van der Waals surface area contributed by atoms with Gasteiger partial charge >= 0.3 is 0 Å². The molecule has 1 aliphatic heterocycles. The van der Waals surface area contributed by atoms with Gasteiger partial charge in [0, 0.05) is 43.1 Å². The molecule has 0 saturated carbocycles. The van der Waals surface area contributed by atoms with Crippen molar-refractivity contribution >= 4 is 5.78 Å². The zero-order valence-electron chi connectivity index (χ0n) is 14.6. The molecule has 25 heavy (non-hydrogen) atoms. The SMILES string of the molecule is CCCn1ccnc1CN1CCCCC1c1cc(=O)n2ccnc2[nH]1. The van der Waals surface area contributed by atoms with Gasteiger partial charge in [-0.25, -0.2) is 9.97 Å². The Kier molecular flexibility index (Phi) is 4.40. The Morgan fingerprint density at radius 1 is 1.24 bits per heavy atom. The fourth-order valence-corrected chi connectivity index (χ4v) is 3.77. The number of hydrogen-bond donors (Lipinski definition) is 1. The molecule has 4 heterocycles. The van der Waals surface area contributed by atoms with Gasteiger partial charge < -0.3 is 9.55 Å². The summed E-state index contributed by atoms with van der Waals surface area (Å²) in [6, 6.07) is 1.92. The summed E-state index contributed by atoms with van der Waals surface area (Å²) in [7, 11) is 0. The lowest BCUT2D eigenvalue weighted by atomic mass is 9.99. The molecule has 1 aliphatic rings. The molecule has 7 nitrogen and oxygen atoms in total. The van der Waals surface area contributed by atoms with E-state index < -0.39 is 0 Å². The molecular formula is C18H24N6O. The molecule has 7 heteroatoms. The number of piperidine rings is 1. The van der Waals surface area contributed by atoms with E-state index in [2.05, 4.69) is 37.5 Å². The molecule has 0 aliphatic carbocycles. The van der Waals surface area contributed by atoms with Crippen molar-refractivity contribution in [3.05, 3.63) is 52.7 Å². The normalized spacial score (nSPS) is 18.8. The number of nitrogens with zero attached hydrogens (tertiary/aromatic N) is 5. The maximum Gasteiger partial charge on any atom is 0.259 e. The van der Waals surface area contributed by atoms with Crippen LogP contribution in [0.4, 0.5) is 0 Å². The van der Waals surface area contributed by atoms with Gasteiger partial charge in [0.2, 0.25) is 5.78 Å². The number of aromatic nitrogens is 5. The van der Waals surface area contributed by atoms with Crippen molar-refractivity contribution in [1.29, 1.82) is 0 Å². The summed E-state index contributed by atoms with van der Waals surface area (Å²) >= 11 is 0. The average molecular weight is 340 g/mol. The molecule has 4 rings (SSSR count). The summed E-state index contributed by atoms with van der Waals surface area (Å²) in [5.74, 6) is 1.71. The van der Waals surface area contributed by atoms with E-state index >= 15 is 0 Å². The van der Waals surface area contributed by atoms with Gasteiger partial charge in [-0.3, -0.25) is 14.1 Å². The molecular weight excluding hydrogens is 316 g/mol. The third-order valence-corrected chi connectivity index (χ3v) is 5.00. The van der Waals surface area contributed by atoms with Crippen LogP contribution in [-0.2, 0) is 13.1 Å². The van der Waals surface area contributed by atoms with E-state index in [0.717, 1.165) is 44.0 Å². The van der Waals surface area contributed by atoms with Crippen molar-refractivity contribution in [3.63, 3.8) is 0 Å². The Hall–Kier alpha value is -2.41. The van der Waals surface area contributed by atoms with Crippen molar-refractivity contribution in [1.82, 2.24) is 28.8 Å². The second kappa shape index (κ2) is 6.84. The largest absolute Gasteiger partial charge is 0.334 e. The molecule has 1 saturated heterocycles. The third kappa shape index (κ3) is 3.11. The third-order valence-electron chi connectivity index (χ3n) is 5.00. The first kappa shape index (κ1) is 16.1. The topological polar surface area (TPSA) is 71.2 Å². The minimum atomic E-state index is -0.0285. The predicted octanol–water partition coefficient (Wildman–Crippen LogP) is 2.36. The molecule has 3 aromatic heterocycles. The maximum absolute atomic E-state index is 12.3. The number of hydrogen-bond acceptors (Lipinski definition) is 4. The molecule has 1 unspecified atom stereocenters. The van der Waals surface area contributed by atoms with Crippen LogP contribution in [0.5, 0.6) is 0 Å². The molecule has 0 aromatic carbocycles. The van der Waals surface area contributed by atoms with Crippen LogP contribution in [0.3, 0.4) is 0 Å². The fourth-order valence-electron chi connectivity index (χ4n) is 3.77. The molecule has 1 fully saturated rings. The Bertz CT molecular complexity index is 908. The first-order chi connectivity index (χ1) is 12.3. The second-order valence-electron chi connectivity index (χ2n) is 6.70. The Morgan fingerprint density at radius 2 is 2.12 bits per heavy atom. The monoisotopic (exact) mass is 340 g/mol. The van der Waals surface area contributed by atoms with E-state index in [9.17, 15) is 4.79 Å². The van der Waals surface area contributed by atoms with E-state index in [-0.39, 0.29) is 11.6 Å². The second-order valence-corrected chi connectivity index (χ2v) is 6.70.